The first kappa shape index (κ1) is 21.7. The third-order valence-electron chi connectivity index (χ3n) is 4.23. The number of nitrogens with zero attached hydrogens (tertiary/aromatic N) is 4. The summed E-state index contributed by atoms with van der Waals surface area (Å²) in [7, 11) is 2.67. The van der Waals surface area contributed by atoms with Gasteiger partial charge in [-0.3, -0.25) is 18.7 Å². The molecule has 0 amide bonds. The molecular weight excluding hydrogens is 434 g/mol. The van der Waals surface area contributed by atoms with E-state index in [1.54, 1.807) is 31.2 Å². The topological polar surface area (TPSA) is 135 Å². The number of anilines is 1. The van der Waals surface area contributed by atoms with Crippen molar-refractivity contribution in [2.24, 2.45) is 14.1 Å². The van der Waals surface area contributed by atoms with Gasteiger partial charge in [0, 0.05) is 19.1 Å². The van der Waals surface area contributed by atoms with E-state index >= 15 is 0 Å². The number of carbonyl (C=O) groups excluding carboxylic acids is 1. The van der Waals surface area contributed by atoms with E-state index in [1.807, 2.05) is 0 Å². The SMILES string of the molecule is CC(Sc1nnc(COc2ccc(Cl)cc2)o1)C(=O)c1c(N)n(C)c(=O)n(C)c1=O. The zero-order chi connectivity index (χ0) is 22.0. The molecule has 1 atom stereocenters. The molecule has 1 unspecified atom stereocenters. The summed E-state index contributed by atoms with van der Waals surface area (Å²) in [5.74, 6) is 0.0509. The van der Waals surface area contributed by atoms with Crippen LogP contribution >= 0.6 is 23.4 Å². The van der Waals surface area contributed by atoms with Gasteiger partial charge in [-0.25, -0.2) is 4.79 Å². The zero-order valence-electron chi connectivity index (χ0n) is 16.3. The molecule has 30 heavy (non-hydrogen) atoms. The van der Waals surface area contributed by atoms with E-state index in [4.69, 9.17) is 26.5 Å². The molecule has 2 N–H and O–H groups in total. The van der Waals surface area contributed by atoms with Gasteiger partial charge in [0.2, 0.25) is 0 Å². The quantitative estimate of drug-likeness (QED) is 0.420. The van der Waals surface area contributed by atoms with E-state index in [9.17, 15) is 14.4 Å². The standard InChI is InChI=1S/C18H18ClN5O5S/c1-9(14(25)13-15(20)23(2)18(27)24(3)16(13)26)30-17-22-21-12(29-17)8-28-11-6-4-10(19)5-7-11/h4-7,9H,8,20H2,1-3H3. The number of thioether (sulfide) groups is 1. The Labute approximate surface area is 179 Å². The van der Waals surface area contributed by atoms with Crippen LogP contribution in [0.3, 0.4) is 0 Å². The summed E-state index contributed by atoms with van der Waals surface area (Å²) in [4.78, 5) is 37.1. The van der Waals surface area contributed by atoms with Gasteiger partial charge in [-0.05, 0) is 31.2 Å². The molecule has 0 spiro atoms. The van der Waals surface area contributed by atoms with Gasteiger partial charge in [0.15, 0.2) is 12.4 Å². The van der Waals surface area contributed by atoms with E-state index in [0.717, 1.165) is 20.9 Å². The third-order valence-corrected chi connectivity index (χ3v) is 5.41. The molecule has 2 heterocycles. The molecule has 0 saturated heterocycles. The molecule has 12 heteroatoms. The van der Waals surface area contributed by atoms with Crippen molar-refractivity contribution in [1.29, 1.82) is 0 Å². The van der Waals surface area contributed by atoms with Crippen molar-refractivity contribution in [2.45, 2.75) is 24.0 Å². The third kappa shape index (κ3) is 4.41. The number of Topliss-reactive ketones (excluding diaryl/α,β-unsaturated/α-hetero) is 1. The predicted molar refractivity (Wildman–Crippen MR) is 111 cm³/mol. The van der Waals surface area contributed by atoms with Crippen LogP contribution in [0.25, 0.3) is 0 Å². The minimum atomic E-state index is -0.761. The molecule has 3 rings (SSSR count). The summed E-state index contributed by atoms with van der Waals surface area (Å²) in [6.07, 6.45) is 0. The van der Waals surface area contributed by atoms with Crippen LogP contribution in [0.15, 0.2) is 43.5 Å². The van der Waals surface area contributed by atoms with Gasteiger partial charge in [0.1, 0.15) is 17.1 Å². The highest BCUT2D eigenvalue weighted by molar-refractivity contribution is 8.00. The first-order chi connectivity index (χ1) is 14.2. The van der Waals surface area contributed by atoms with Crippen LogP contribution in [-0.4, -0.2) is 30.4 Å². The van der Waals surface area contributed by atoms with E-state index < -0.39 is 22.3 Å². The Bertz CT molecular complexity index is 1200. The van der Waals surface area contributed by atoms with Crippen molar-refractivity contribution in [3.05, 3.63) is 61.6 Å². The maximum Gasteiger partial charge on any atom is 0.332 e. The zero-order valence-corrected chi connectivity index (χ0v) is 17.9. The lowest BCUT2D eigenvalue weighted by molar-refractivity contribution is 0.0991. The lowest BCUT2D eigenvalue weighted by Crippen LogP contribution is -2.42. The number of nitrogen functional groups attached to an aromatic ring is 1. The van der Waals surface area contributed by atoms with Gasteiger partial charge in [-0.15, -0.1) is 10.2 Å². The van der Waals surface area contributed by atoms with Crippen molar-refractivity contribution < 1.29 is 13.9 Å². The van der Waals surface area contributed by atoms with Crippen molar-refractivity contribution >= 4 is 35.0 Å². The summed E-state index contributed by atoms with van der Waals surface area (Å²) in [5, 5.41) is 7.71. The molecule has 0 aliphatic heterocycles. The highest BCUT2D eigenvalue weighted by atomic mass is 35.5. The largest absolute Gasteiger partial charge is 0.484 e. The second-order valence-electron chi connectivity index (χ2n) is 6.29. The van der Waals surface area contributed by atoms with Crippen LogP contribution in [0, 0.1) is 0 Å². The van der Waals surface area contributed by atoms with Crippen molar-refractivity contribution in [3.8, 4) is 5.75 Å². The minimum Gasteiger partial charge on any atom is -0.484 e. The minimum absolute atomic E-state index is 0.0335. The molecule has 1 aromatic carbocycles. The fourth-order valence-electron chi connectivity index (χ4n) is 2.52. The number of carbonyl (C=O) groups is 1. The predicted octanol–water partition coefficient (Wildman–Crippen LogP) is 1.65. The van der Waals surface area contributed by atoms with Gasteiger partial charge < -0.3 is 14.9 Å². The fourth-order valence-corrected chi connectivity index (χ4v) is 3.41. The second-order valence-corrected chi connectivity index (χ2v) is 8.02. The Morgan fingerprint density at radius 2 is 1.90 bits per heavy atom. The maximum absolute atomic E-state index is 12.8. The molecule has 0 saturated carbocycles. The van der Waals surface area contributed by atoms with Crippen molar-refractivity contribution in [1.82, 2.24) is 19.3 Å². The Kier molecular flexibility index (Phi) is 6.32. The molecule has 0 bridgehead atoms. The Morgan fingerprint density at radius 3 is 2.57 bits per heavy atom. The number of halogens is 1. The Balaban J connectivity index is 1.70. The maximum atomic E-state index is 12.8. The molecule has 10 nitrogen and oxygen atoms in total. The van der Waals surface area contributed by atoms with E-state index in [0.29, 0.717) is 10.8 Å². The smallest absolute Gasteiger partial charge is 0.332 e. The Hall–Kier alpha value is -3.05. The van der Waals surface area contributed by atoms with Crippen LogP contribution in [-0.2, 0) is 20.7 Å². The van der Waals surface area contributed by atoms with Crippen molar-refractivity contribution in [2.75, 3.05) is 5.73 Å². The van der Waals surface area contributed by atoms with E-state index in [2.05, 4.69) is 10.2 Å². The van der Waals surface area contributed by atoms with Crippen LogP contribution in [0.4, 0.5) is 5.82 Å². The molecule has 0 fully saturated rings. The van der Waals surface area contributed by atoms with Crippen molar-refractivity contribution in [3.63, 3.8) is 0 Å². The van der Waals surface area contributed by atoms with Crippen LogP contribution < -0.4 is 21.7 Å². The van der Waals surface area contributed by atoms with Crippen LogP contribution in [0.2, 0.25) is 5.02 Å². The number of aromatic nitrogens is 4. The summed E-state index contributed by atoms with van der Waals surface area (Å²) in [5.41, 5.74) is 4.21. The number of benzene rings is 1. The fraction of sp³-hybridized carbons (Fsp3) is 0.278. The normalized spacial score (nSPS) is 12.0. The van der Waals surface area contributed by atoms with Crippen LogP contribution in [0.1, 0.15) is 23.2 Å². The van der Waals surface area contributed by atoms with E-state index in [1.165, 1.54) is 14.1 Å². The van der Waals surface area contributed by atoms with Gasteiger partial charge >= 0.3 is 5.69 Å². The first-order valence-corrected chi connectivity index (χ1v) is 9.92. The number of ketones is 1. The summed E-state index contributed by atoms with van der Waals surface area (Å²) in [6, 6.07) is 6.78. The van der Waals surface area contributed by atoms with Gasteiger partial charge in [0.05, 0.1) is 5.25 Å². The number of ether oxygens (including phenoxy) is 1. The molecule has 3 aromatic rings. The molecule has 158 valence electrons. The molecule has 0 aliphatic carbocycles. The molecule has 0 aliphatic rings. The first-order valence-electron chi connectivity index (χ1n) is 8.66. The highest BCUT2D eigenvalue weighted by Gasteiger charge is 2.26. The summed E-state index contributed by atoms with van der Waals surface area (Å²) in [6.45, 7) is 1.61. The van der Waals surface area contributed by atoms with Gasteiger partial charge in [-0.1, -0.05) is 23.4 Å². The summed E-state index contributed by atoms with van der Waals surface area (Å²) >= 11 is 6.79. The van der Waals surface area contributed by atoms with Gasteiger partial charge in [-0.2, -0.15) is 0 Å². The Morgan fingerprint density at radius 1 is 1.23 bits per heavy atom. The molecule has 0 radical (unpaired) electrons. The monoisotopic (exact) mass is 451 g/mol. The molecular formula is C18H18ClN5O5S. The average molecular weight is 452 g/mol. The number of hydrogen-bond donors (Lipinski definition) is 1. The number of nitrogens with two attached hydrogens (primary N) is 1. The number of rotatable bonds is 7. The van der Waals surface area contributed by atoms with Gasteiger partial charge in [0.25, 0.3) is 16.7 Å². The lowest BCUT2D eigenvalue weighted by Gasteiger charge is -2.13. The summed E-state index contributed by atoms with van der Waals surface area (Å²) < 4.78 is 12.9. The van der Waals surface area contributed by atoms with E-state index in [-0.39, 0.29) is 29.1 Å². The van der Waals surface area contributed by atoms with Crippen LogP contribution in [0.5, 0.6) is 5.75 Å². The average Bonchev–Trinajstić information content (AvgIpc) is 3.17. The second kappa shape index (κ2) is 8.76. The number of hydrogen-bond acceptors (Lipinski definition) is 9. The lowest BCUT2D eigenvalue weighted by atomic mass is 10.1. The molecule has 2 aromatic heterocycles. The highest BCUT2D eigenvalue weighted by Crippen LogP contribution is 2.25.